The number of aliphatic hydroxyl groups excluding tert-OH is 1. The predicted molar refractivity (Wildman–Crippen MR) is 49.1 cm³/mol. The molecule has 1 saturated carbocycles. The van der Waals surface area contributed by atoms with Crippen molar-refractivity contribution in [3.05, 3.63) is 0 Å². The normalized spacial score (nSPS) is 34.8. The first kappa shape index (κ1) is 9.00. The van der Waals surface area contributed by atoms with E-state index in [-0.39, 0.29) is 5.91 Å². The van der Waals surface area contributed by atoms with Crippen molar-refractivity contribution >= 4 is 5.91 Å². The van der Waals surface area contributed by atoms with E-state index in [0.717, 1.165) is 18.9 Å². The number of carbonyl (C=O) groups is 1. The molecule has 0 radical (unpaired) electrons. The highest BCUT2D eigenvalue weighted by Gasteiger charge is 2.43. The third kappa shape index (κ3) is 1.46. The van der Waals surface area contributed by atoms with E-state index in [9.17, 15) is 4.79 Å². The predicted octanol–water partition coefficient (Wildman–Crippen LogP) is 0.768. The molecule has 1 amide bonds. The third-order valence-corrected chi connectivity index (χ3v) is 3.34. The first-order valence-electron chi connectivity index (χ1n) is 5.18. The highest BCUT2D eigenvalue weighted by Crippen LogP contribution is 2.37. The summed E-state index contributed by atoms with van der Waals surface area (Å²) in [7, 11) is 0. The Labute approximate surface area is 78.7 Å². The van der Waals surface area contributed by atoms with Gasteiger partial charge in [-0.2, -0.15) is 0 Å². The molecule has 3 nitrogen and oxygen atoms in total. The Bertz CT molecular complexity index is 215. The molecule has 1 aliphatic carbocycles. The van der Waals surface area contributed by atoms with Crippen LogP contribution in [-0.4, -0.2) is 34.6 Å². The summed E-state index contributed by atoms with van der Waals surface area (Å²) in [5.41, 5.74) is 0. The van der Waals surface area contributed by atoms with Crippen molar-refractivity contribution in [1.29, 1.82) is 0 Å². The van der Waals surface area contributed by atoms with Crippen molar-refractivity contribution in [1.82, 2.24) is 4.90 Å². The minimum Gasteiger partial charge on any atom is -0.384 e. The van der Waals surface area contributed by atoms with Crippen LogP contribution in [0.1, 0.15) is 32.6 Å². The first-order valence-corrected chi connectivity index (χ1v) is 5.18. The lowest BCUT2D eigenvalue weighted by molar-refractivity contribution is -0.154. The molecule has 0 spiro atoms. The Hall–Kier alpha value is -0.570. The lowest BCUT2D eigenvalue weighted by atomic mass is 9.76. The summed E-state index contributed by atoms with van der Waals surface area (Å²) in [6, 6.07) is 0.454. The van der Waals surface area contributed by atoms with Crippen molar-refractivity contribution in [2.75, 3.05) is 6.54 Å². The maximum atomic E-state index is 11.5. The summed E-state index contributed by atoms with van der Waals surface area (Å²) in [6.45, 7) is 2.44. The van der Waals surface area contributed by atoms with Gasteiger partial charge in [0.05, 0.1) is 0 Å². The smallest absolute Gasteiger partial charge is 0.251 e. The Balaban J connectivity index is 1.94. The van der Waals surface area contributed by atoms with Gasteiger partial charge in [0.2, 0.25) is 0 Å². The average Bonchev–Trinajstić information content (AvgIpc) is 2.06. The molecule has 3 atom stereocenters. The second-order valence-corrected chi connectivity index (χ2v) is 4.28. The minimum absolute atomic E-state index is 0.0804. The number of nitrogens with zero attached hydrogens (tertiary/aromatic N) is 1. The van der Waals surface area contributed by atoms with Crippen LogP contribution >= 0.6 is 0 Å². The van der Waals surface area contributed by atoms with Gasteiger partial charge in [0.25, 0.3) is 5.91 Å². The summed E-state index contributed by atoms with van der Waals surface area (Å²) in [6.07, 6.45) is 4.16. The molecule has 1 aliphatic heterocycles. The fraction of sp³-hybridized carbons (Fsp3) is 0.900. The SMILES string of the molecule is C[C@H](O)C(=O)N1CC2CCCCC21. The monoisotopic (exact) mass is 183 g/mol. The standard InChI is InChI=1S/C10H17NO2/c1-7(12)10(13)11-6-8-4-2-3-5-9(8)11/h7-9,12H,2-6H2,1H3/t7-,8?,9?/m0/s1. The Kier molecular flexibility index (Phi) is 2.28. The molecule has 1 N–H and O–H groups in total. The Morgan fingerprint density at radius 3 is 2.77 bits per heavy atom. The van der Waals surface area contributed by atoms with Gasteiger partial charge in [0, 0.05) is 12.6 Å². The highest BCUT2D eigenvalue weighted by atomic mass is 16.3. The lowest BCUT2D eigenvalue weighted by Crippen LogP contribution is -2.61. The van der Waals surface area contributed by atoms with Crippen LogP contribution in [0.4, 0.5) is 0 Å². The van der Waals surface area contributed by atoms with Crippen LogP contribution in [0.5, 0.6) is 0 Å². The highest BCUT2D eigenvalue weighted by molar-refractivity contribution is 5.81. The Morgan fingerprint density at radius 2 is 2.15 bits per heavy atom. The van der Waals surface area contributed by atoms with Gasteiger partial charge >= 0.3 is 0 Å². The molecule has 13 heavy (non-hydrogen) atoms. The number of amides is 1. The van der Waals surface area contributed by atoms with Crippen molar-refractivity contribution < 1.29 is 9.90 Å². The number of hydrogen-bond acceptors (Lipinski definition) is 2. The van der Waals surface area contributed by atoms with Gasteiger partial charge in [-0.1, -0.05) is 12.8 Å². The molecule has 74 valence electrons. The number of hydrogen-bond donors (Lipinski definition) is 1. The number of aliphatic hydroxyl groups is 1. The summed E-state index contributed by atoms with van der Waals surface area (Å²) in [5.74, 6) is 0.652. The van der Waals surface area contributed by atoms with Crippen LogP contribution in [-0.2, 0) is 4.79 Å². The summed E-state index contributed by atoms with van der Waals surface area (Å²) < 4.78 is 0. The van der Waals surface area contributed by atoms with E-state index in [2.05, 4.69) is 0 Å². The molecule has 2 rings (SSSR count). The van der Waals surface area contributed by atoms with E-state index in [1.54, 1.807) is 6.92 Å². The fourth-order valence-corrected chi connectivity index (χ4v) is 2.55. The summed E-state index contributed by atoms with van der Waals surface area (Å²) in [5, 5.41) is 9.16. The van der Waals surface area contributed by atoms with Crippen LogP contribution in [0.3, 0.4) is 0 Å². The average molecular weight is 183 g/mol. The van der Waals surface area contributed by atoms with E-state index in [0.29, 0.717) is 6.04 Å². The third-order valence-electron chi connectivity index (χ3n) is 3.34. The lowest BCUT2D eigenvalue weighted by Gasteiger charge is -2.51. The molecule has 2 fully saturated rings. The van der Waals surface area contributed by atoms with Crippen LogP contribution in [0.25, 0.3) is 0 Å². The summed E-state index contributed by atoms with van der Waals surface area (Å²) in [4.78, 5) is 13.3. The molecule has 0 aromatic heterocycles. The van der Waals surface area contributed by atoms with Crippen molar-refractivity contribution in [2.24, 2.45) is 5.92 Å². The zero-order valence-electron chi connectivity index (χ0n) is 8.07. The molecule has 1 saturated heterocycles. The van der Waals surface area contributed by atoms with Crippen molar-refractivity contribution in [2.45, 2.75) is 44.8 Å². The molecule has 1 heterocycles. The quantitative estimate of drug-likeness (QED) is 0.652. The Morgan fingerprint density at radius 1 is 1.46 bits per heavy atom. The van der Waals surface area contributed by atoms with E-state index < -0.39 is 6.10 Å². The van der Waals surface area contributed by atoms with Gasteiger partial charge < -0.3 is 10.0 Å². The van der Waals surface area contributed by atoms with Crippen molar-refractivity contribution in [3.63, 3.8) is 0 Å². The van der Waals surface area contributed by atoms with Crippen LogP contribution in [0.15, 0.2) is 0 Å². The zero-order chi connectivity index (χ0) is 9.42. The van der Waals surface area contributed by atoms with E-state index >= 15 is 0 Å². The second kappa shape index (κ2) is 3.29. The topological polar surface area (TPSA) is 40.5 Å². The van der Waals surface area contributed by atoms with Gasteiger partial charge in [-0.25, -0.2) is 0 Å². The van der Waals surface area contributed by atoms with Crippen LogP contribution in [0.2, 0.25) is 0 Å². The molecule has 3 heteroatoms. The molecule has 2 unspecified atom stereocenters. The number of rotatable bonds is 1. The van der Waals surface area contributed by atoms with Gasteiger partial charge in [-0.05, 0) is 25.7 Å². The molecular weight excluding hydrogens is 166 g/mol. The minimum atomic E-state index is -0.817. The molecular formula is C10H17NO2. The van der Waals surface area contributed by atoms with E-state index in [1.165, 1.54) is 19.3 Å². The van der Waals surface area contributed by atoms with Gasteiger partial charge in [0.15, 0.2) is 0 Å². The summed E-state index contributed by atoms with van der Waals surface area (Å²) >= 11 is 0. The van der Waals surface area contributed by atoms with Gasteiger partial charge in [0.1, 0.15) is 6.10 Å². The molecule has 2 aliphatic rings. The van der Waals surface area contributed by atoms with Gasteiger partial charge in [-0.3, -0.25) is 4.79 Å². The number of likely N-dealkylation sites (tertiary alicyclic amines) is 1. The fourth-order valence-electron chi connectivity index (χ4n) is 2.55. The van der Waals surface area contributed by atoms with E-state index in [1.807, 2.05) is 4.90 Å². The number of fused-ring (bicyclic) bond motifs is 1. The first-order chi connectivity index (χ1) is 6.20. The molecule has 0 aromatic carbocycles. The number of carbonyl (C=O) groups excluding carboxylic acids is 1. The largest absolute Gasteiger partial charge is 0.384 e. The maximum Gasteiger partial charge on any atom is 0.251 e. The molecule has 0 bridgehead atoms. The van der Waals surface area contributed by atoms with E-state index in [4.69, 9.17) is 5.11 Å². The maximum absolute atomic E-state index is 11.5. The van der Waals surface area contributed by atoms with Gasteiger partial charge in [-0.15, -0.1) is 0 Å². The second-order valence-electron chi connectivity index (χ2n) is 4.28. The zero-order valence-corrected chi connectivity index (χ0v) is 8.07. The van der Waals surface area contributed by atoms with Crippen molar-refractivity contribution in [3.8, 4) is 0 Å². The molecule has 0 aromatic rings. The van der Waals surface area contributed by atoms with Crippen LogP contribution < -0.4 is 0 Å². The van der Waals surface area contributed by atoms with Crippen LogP contribution in [0, 0.1) is 5.92 Å².